The Morgan fingerprint density at radius 2 is 1.96 bits per heavy atom. The number of carbonyl (C=O) groups excluding carboxylic acids is 2. The smallest absolute Gasteiger partial charge is 0.442 e. The molecule has 146 valence electrons. The zero-order valence-electron chi connectivity index (χ0n) is 13.9. The second-order valence-corrected chi connectivity index (χ2v) is 6.40. The molecule has 1 N–H and O–H groups in total. The minimum Gasteiger partial charge on any atom is -0.467 e. The molecule has 0 saturated heterocycles. The van der Waals surface area contributed by atoms with Crippen LogP contribution in [0.4, 0.5) is 22.0 Å². The molecule has 0 spiro atoms. The number of esters is 1. The fraction of sp³-hybridized carbons (Fsp3) is 0.500. The Hall–Kier alpha value is -2.59. The number of rotatable bonds is 6. The quantitative estimate of drug-likeness (QED) is 0.598. The third-order valence-corrected chi connectivity index (χ3v) is 4.49. The number of amides is 1. The number of hydrogen-bond donors (Lipinski definition) is 1. The Morgan fingerprint density at radius 3 is 2.44 bits per heavy atom. The molecule has 0 aromatic heterocycles. The summed E-state index contributed by atoms with van der Waals surface area (Å²) in [5.74, 6) is -5.77. The number of hydrogen-bond acceptors (Lipinski definition) is 5. The van der Waals surface area contributed by atoms with E-state index in [2.05, 4.69) is 20.3 Å². The van der Waals surface area contributed by atoms with Crippen LogP contribution < -0.4 is 5.32 Å². The van der Waals surface area contributed by atoms with Crippen molar-refractivity contribution in [2.45, 2.75) is 36.6 Å². The van der Waals surface area contributed by atoms with Gasteiger partial charge in [-0.2, -0.15) is 13.2 Å². The third-order valence-electron chi connectivity index (χ3n) is 4.49. The summed E-state index contributed by atoms with van der Waals surface area (Å²) in [5, 5.41) is 8.35. The molecule has 2 aliphatic rings. The van der Waals surface area contributed by atoms with E-state index >= 15 is 0 Å². The summed E-state index contributed by atoms with van der Waals surface area (Å²) in [7, 11) is 1.04. The maximum absolute atomic E-state index is 13.1. The van der Waals surface area contributed by atoms with Crippen molar-refractivity contribution in [3.05, 3.63) is 35.4 Å². The lowest BCUT2D eigenvalue weighted by Crippen LogP contribution is -2.42. The first-order chi connectivity index (χ1) is 12.5. The van der Waals surface area contributed by atoms with E-state index in [-0.39, 0.29) is 17.5 Å². The Labute approximate surface area is 149 Å². The van der Waals surface area contributed by atoms with Crippen molar-refractivity contribution in [1.29, 1.82) is 0 Å². The van der Waals surface area contributed by atoms with Gasteiger partial charge in [-0.3, -0.25) is 4.79 Å². The van der Waals surface area contributed by atoms with Crippen LogP contribution in [0.15, 0.2) is 34.5 Å². The first kappa shape index (κ1) is 19.2. The lowest BCUT2D eigenvalue weighted by atomic mass is 10.00. The van der Waals surface area contributed by atoms with Gasteiger partial charge in [0.25, 0.3) is 11.8 Å². The Bertz CT molecular complexity index is 803. The van der Waals surface area contributed by atoms with E-state index in [0.717, 1.165) is 19.2 Å². The fourth-order valence-electron chi connectivity index (χ4n) is 2.73. The zero-order valence-corrected chi connectivity index (χ0v) is 13.9. The van der Waals surface area contributed by atoms with Crippen molar-refractivity contribution in [2.24, 2.45) is 16.1 Å². The van der Waals surface area contributed by atoms with Gasteiger partial charge in [0.15, 0.2) is 0 Å². The first-order valence-electron chi connectivity index (χ1n) is 7.88. The highest BCUT2D eigenvalue weighted by Crippen LogP contribution is 2.52. The molecule has 3 rings (SSSR count). The molecular weight excluding hydrogens is 377 g/mol. The van der Waals surface area contributed by atoms with Crippen molar-refractivity contribution >= 4 is 11.9 Å². The summed E-state index contributed by atoms with van der Waals surface area (Å²) in [6.07, 6.45) is -5.49. The Kier molecular flexibility index (Phi) is 4.43. The molecule has 1 aliphatic carbocycles. The fourth-order valence-corrected chi connectivity index (χ4v) is 2.73. The van der Waals surface area contributed by atoms with Crippen molar-refractivity contribution in [3.8, 4) is 0 Å². The van der Waals surface area contributed by atoms with Gasteiger partial charge >= 0.3 is 17.8 Å². The average molecular weight is 391 g/mol. The summed E-state index contributed by atoms with van der Waals surface area (Å²) in [6.45, 7) is 0. The number of benzene rings is 1. The highest BCUT2D eigenvalue weighted by molar-refractivity contribution is 5.97. The standard InChI is InChI=1S/C16H14F5N3O3/c1-27-13(26)11(6-10-7-14(10,17)18)22-12(25)8-3-2-4-9(5-8)15(23-24-15)16(19,20)21/h2-5,10-11H,6-7H2,1H3,(H,22,25)/t10?,11-/m0/s1. The van der Waals surface area contributed by atoms with Crippen LogP contribution in [0.5, 0.6) is 0 Å². The number of methoxy groups -OCH3 is 1. The molecule has 1 aliphatic heterocycles. The number of nitrogens with one attached hydrogen (secondary N) is 1. The van der Waals surface area contributed by atoms with E-state index < -0.39 is 48.0 Å². The first-order valence-corrected chi connectivity index (χ1v) is 7.88. The minimum absolute atomic E-state index is 0.190. The predicted octanol–water partition coefficient (Wildman–Crippen LogP) is 3.18. The average Bonchev–Trinajstić information content (AvgIpc) is 3.50. The van der Waals surface area contributed by atoms with Gasteiger partial charge in [0.1, 0.15) is 6.04 Å². The van der Waals surface area contributed by atoms with Gasteiger partial charge in [-0.1, -0.05) is 12.1 Å². The molecular formula is C16H14F5N3O3. The van der Waals surface area contributed by atoms with Crippen molar-refractivity contribution in [3.63, 3.8) is 0 Å². The highest BCUT2D eigenvalue weighted by atomic mass is 19.4. The lowest BCUT2D eigenvalue weighted by Gasteiger charge is -2.18. The second-order valence-electron chi connectivity index (χ2n) is 6.40. The molecule has 1 fully saturated rings. The van der Waals surface area contributed by atoms with Crippen molar-refractivity contribution < 1.29 is 36.3 Å². The van der Waals surface area contributed by atoms with Crippen LogP contribution in [-0.4, -0.2) is 37.1 Å². The molecule has 1 saturated carbocycles. The number of nitrogens with zero attached hydrogens (tertiary/aromatic N) is 2. The SMILES string of the molecule is COC(=O)[C@H](CC1CC1(F)F)NC(=O)c1cccc(C2(C(F)(F)F)N=N2)c1. The van der Waals surface area contributed by atoms with E-state index in [1.807, 2.05) is 0 Å². The third kappa shape index (κ3) is 3.62. The van der Waals surface area contributed by atoms with Gasteiger partial charge in [-0.25, -0.2) is 13.6 Å². The van der Waals surface area contributed by atoms with Crippen LogP contribution in [0.1, 0.15) is 28.8 Å². The topological polar surface area (TPSA) is 80.1 Å². The van der Waals surface area contributed by atoms with Gasteiger partial charge in [-0.05, 0) is 18.6 Å². The van der Waals surface area contributed by atoms with E-state index in [1.165, 1.54) is 12.1 Å². The van der Waals surface area contributed by atoms with Gasteiger partial charge in [0.05, 0.1) is 7.11 Å². The van der Waals surface area contributed by atoms with Crippen molar-refractivity contribution in [1.82, 2.24) is 5.32 Å². The minimum atomic E-state index is -4.76. The van der Waals surface area contributed by atoms with Gasteiger partial charge < -0.3 is 10.1 Å². The summed E-state index contributed by atoms with van der Waals surface area (Å²) in [4.78, 5) is 24.1. The Morgan fingerprint density at radius 1 is 1.33 bits per heavy atom. The molecule has 27 heavy (non-hydrogen) atoms. The molecule has 0 bridgehead atoms. The van der Waals surface area contributed by atoms with Crippen LogP contribution >= 0.6 is 0 Å². The summed E-state index contributed by atoms with van der Waals surface area (Å²) in [5.41, 5.74) is -3.24. The van der Waals surface area contributed by atoms with E-state index in [1.54, 1.807) is 0 Å². The number of alkyl halides is 5. The number of ether oxygens (including phenoxy) is 1. The maximum atomic E-state index is 13.1. The van der Waals surface area contributed by atoms with Crippen LogP contribution in [0.3, 0.4) is 0 Å². The van der Waals surface area contributed by atoms with Crippen molar-refractivity contribution in [2.75, 3.05) is 7.11 Å². The Balaban J connectivity index is 1.75. The molecule has 2 atom stereocenters. The number of carbonyl (C=O) groups is 2. The molecule has 11 heteroatoms. The normalized spacial score (nSPS) is 22.7. The maximum Gasteiger partial charge on any atom is 0.442 e. The van der Waals surface area contributed by atoms with Crippen LogP contribution in [0.25, 0.3) is 0 Å². The van der Waals surface area contributed by atoms with Gasteiger partial charge in [0, 0.05) is 23.5 Å². The van der Waals surface area contributed by atoms with E-state index in [0.29, 0.717) is 0 Å². The van der Waals surface area contributed by atoms with Gasteiger partial charge in [0.2, 0.25) is 0 Å². The van der Waals surface area contributed by atoms with Crippen LogP contribution in [0.2, 0.25) is 0 Å². The molecule has 6 nitrogen and oxygen atoms in total. The lowest BCUT2D eigenvalue weighted by molar-refractivity contribution is -0.166. The van der Waals surface area contributed by atoms with E-state index in [4.69, 9.17) is 0 Å². The highest BCUT2D eigenvalue weighted by Gasteiger charge is 2.65. The molecule has 1 amide bonds. The molecule has 1 aromatic carbocycles. The second kappa shape index (κ2) is 6.24. The predicted molar refractivity (Wildman–Crippen MR) is 80.0 cm³/mol. The van der Waals surface area contributed by atoms with E-state index in [9.17, 15) is 31.5 Å². The van der Waals surface area contributed by atoms with Gasteiger partial charge in [-0.15, -0.1) is 10.2 Å². The molecule has 1 aromatic rings. The van der Waals surface area contributed by atoms with Crippen LogP contribution in [0, 0.1) is 5.92 Å². The van der Waals surface area contributed by atoms with Crippen LogP contribution in [-0.2, 0) is 15.2 Å². The molecule has 1 heterocycles. The largest absolute Gasteiger partial charge is 0.467 e. The zero-order chi connectivity index (χ0) is 20.0. The molecule has 1 unspecified atom stereocenters. The summed E-state index contributed by atoms with van der Waals surface area (Å²) < 4.78 is 69.9. The number of halogens is 5. The monoisotopic (exact) mass is 391 g/mol. The summed E-state index contributed by atoms with van der Waals surface area (Å²) >= 11 is 0. The summed E-state index contributed by atoms with van der Waals surface area (Å²) in [6, 6.07) is 3.17. The molecule has 0 radical (unpaired) electrons.